The minimum atomic E-state index is 0.133. The van der Waals surface area contributed by atoms with Gasteiger partial charge in [0.15, 0.2) is 0 Å². The molecule has 1 saturated carbocycles. The van der Waals surface area contributed by atoms with Crippen LogP contribution in [0.4, 0.5) is 5.95 Å². The topological polar surface area (TPSA) is 47.0 Å². The molecule has 0 radical (unpaired) electrons. The van der Waals surface area contributed by atoms with Gasteiger partial charge in [-0.25, -0.2) is 4.98 Å². The summed E-state index contributed by atoms with van der Waals surface area (Å²) in [7, 11) is 0. The van der Waals surface area contributed by atoms with E-state index in [1.54, 1.807) is 0 Å². The predicted octanol–water partition coefficient (Wildman–Crippen LogP) is 3.95. The molecule has 4 heteroatoms. The molecule has 0 amide bonds. The molecule has 2 rings (SSSR count). The summed E-state index contributed by atoms with van der Waals surface area (Å²) in [6.07, 6.45) is 6.70. The highest BCUT2D eigenvalue weighted by Crippen LogP contribution is 2.40. The maximum absolute atomic E-state index is 5.67. The molecule has 0 spiro atoms. The van der Waals surface area contributed by atoms with Crippen LogP contribution in [0, 0.1) is 12.3 Å². The zero-order chi connectivity index (χ0) is 14.6. The average Bonchev–Trinajstić information content (AvgIpc) is 2.84. The van der Waals surface area contributed by atoms with Crippen molar-refractivity contribution in [3.05, 3.63) is 11.8 Å². The first kappa shape index (κ1) is 15.1. The zero-order valence-corrected chi connectivity index (χ0v) is 13.2. The molecule has 1 aromatic heterocycles. The van der Waals surface area contributed by atoms with Crippen LogP contribution in [0.2, 0.25) is 0 Å². The van der Waals surface area contributed by atoms with Crippen molar-refractivity contribution in [2.24, 2.45) is 5.41 Å². The van der Waals surface area contributed by atoms with Crippen LogP contribution in [0.1, 0.15) is 58.6 Å². The Bertz CT molecular complexity index is 439. The first-order chi connectivity index (χ1) is 9.53. The highest BCUT2D eigenvalue weighted by atomic mass is 16.5. The third-order valence-corrected chi connectivity index (χ3v) is 4.22. The van der Waals surface area contributed by atoms with Crippen LogP contribution in [-0.4, -0.2) is 22.6 Å². The average molecular weight is 277 g/mol. The fourth-order valence-corrected chi connectivity index (χ4v) is 2.97. The Hall–Kier alpha value is -1.32. The summed E-state index contributed by atoms with van der Waals surface area (Å²) in [6.45, 7) is 9.25. The van der Waals surface area contributed by atoms with Crippen molar-refractivity contribution in [1.29, 1.82) is 0 Å². The highest BCUT2D eigenvalue weighted by Gasteiger charge is 2.31. The van der Waals surface area contributed by atoms with Crippen LogP contribution in [0.25, 0.3) is 0 Å². The molecule has 1 N–H and O–H groups in total. The zero-order valence-electron chi connectivity index (χ0n) is 13.2. The molecule has 1 aliphatic carbocycles. The van der Waals surface area contributed by atoms with Crippen LogP contribution in [0.15, 0.2) is 6.07 Å². The van der Waals surface area contributed by atoms with E-state index in [9.17, 15) is 0 Å². The van der Waals surface area contributed by atoms with Crippen molar-refractivity contribution in [1.82, 2.24) is 9.97 Å². The Balaban J connectivity index is 2.03. The molecular formula is C16H27N3O. The smallest absolute Gasteiger partial charge is 0.226 e. The molecule has 0 bridgehead atoms. The van der Waals surface area contributed by atoms with E-state index >= 15 is 0 Å². The molecule has 0 aromatic carbocycles. The quantitative estimate of drug-likeness (QED) is 0.855. The Morgan fingerprint density at radius 3 is 2.60 bits per heavy atom. The monoisotopic (exact) mass is 277 g/mol. The third kappa shape index (κ3) is 3.84. The van der Waals surface area contributed by atoms with Gasteiger partial charge < -0.3 is 10.1 Å². The molecule has 1 fully saturated rings. The lowest BCUT2D eigenvalue weighted by molar-refractivity contribution is 0.232. The third-order valence-electron chi connectivity index (χ3n) is 4.22. The first-order valence-electron chi connectivity index (χ1n) is 7.79. The van der Waals surface area contributed by atoms with Gasteiger partial charge in [-0.15, -0.1) is 0 Å². The fraction of sp³-hybridized carbons (Fsp3) is 0.750. The van der Waals surface area contributed by atoms with Crippen LogP contribution in [0.5, 0.6) is 5.88 Å². The number of aromatic nitrogens is 2. The second-order valence-corrected chi connectivity index (χ2v) is 6.25. The summed E-state index contributed by atoms with van der Waals surface area (Å²) < 4.78 is 5.67. The lowest BCUT2D eigenvalue weighted by Gasteiger charge is -2.27. The van der Waals surface area contributed by atoms with Crippen molar-refractivity contribution in [3.63, 3.8) is 0 Å². The number of ether oxygens (including phenoxy) is 1. The van der Waals surface area contributed by atoms with Gasteiger partial charge >= 0.3 is 0 Å². The van der Waals surface area contributed by atoms with Gasteiger partial charge in [0.05, 0.1) is 6.10 Å². The van der Waals surface area contributed by atoms with Crippen LogP contribution in [0.3, 0.4) is 0 Å². The Kier molecular flexibility index (Phi) is 4.84. The molecule has 0 aliphatic heterocycles. The molecule has 4 nitrogen and oxygen atoms in total. The van der Waals surface area contributed by atoms with Crippen molar-refractivity contribution in [2.45, 2.75) is 65.9 Å². The van der Waals surface area contributed by atoms with Crippen molar-refractivity contribution < 1.29 is 4.74 Å². The van der Waals surface area contributed by atoms with E-state index < -0.39 is 0 Å². The maximum Gasteiger partial charge on any atom is 0.226 e. The van der Waals surface area contributed by atoms with Gasteiger partial charge in [-0.3, -0.25) is 0 Å². The lowest BCUT2D eigenvalue weighted by Crippen LogP contribution is -2.26. The molecule has 0 unspecified atom stereocenters. The summed E-state index contributed by atoms with van der Waals surface area (Å²) in [5.74, 6) is 1.35. The van der Waals surface area contributed by atoms with E-state index in [0.717, 1.165) is 12.2 Å². The number of rotatable bonds is 6. The van der Waals surface area contributed by atoms with E-state index in [1.165, 1.54) is 32.1 Å². The Labute approximate surface area is 122 Å². The van der Waals surface area contributed by atoms with Crippen molar-refractivity contribution >= 4 is 5.95 Å². The van der Waals surface area contributed by atoms with Gasteiger partial charge in [0.1, 0.15) is 0 Å². The van der Waals surface area contributed by atoms with Gasteiger partial charge in [0.2, 0.25) is 11.8 Å². The molecule has 1 heterocycles. The second-order valence-electron chi connectivity index (χ2n) is 6.25. The van der Waals surface area contributed by atoms with Gasteiger partial charge in [0.25, 0.3) is 0 Å². The molecule has 1 aromatic rings. The number of nitrogens with one attached hydrogen (secondary N) is 1. The van der Waals surface area contributed by atoms with Gasteiger partial charge in [-0.05, 0) is 45.4 Å². The molecule has 112 valence electrons. The largest absolute Gasteiger partial charge is 0.475 e. The van der Waals surface area contributed by atoms with Crippen molar-refractivity contribution in [2.75, 3.05) is 11.9 Å². The molecule has 20 heavy (non-hydrogen) atoms. The summed E-state index contributed by atoms with van der Waals surface area (Å²) in [5.41, 5.74) is 1.38. The Morgan fingerprint density at radius 2 is 2.00 bits per heavy atom. The number of hydrogen-bond acceptors (Lipinski definition) is 4. The van der Waals surface area contributed by atoms with E-state index in [0.29, 0.717) is 17.2 Å². The minimum Gasteiger partial charge on any atom is -0.475 e. The lowest BCUT2D eigenvalue weighted by atomic mass is 9.83. The molecule has 1 aliphatic rings. The predicted molar refractivity (Wildman–Crippen MR) is 82.2 cm³/mol. The second kappa shape index (κ2) is 6.42. The van der Waals surface area contributed by atoms with E-state index in [2.05, 4.69) is 22.2 Å². The maximum atomic E-state index is 5.67. The molecule has 0 saturated heterocycles. The summed E-state index contributed by atoms with van der Waals surface area (Å²) in [4.78, 5) is 8.92. The number of anilines is 1. The number of hydrogen-bond donors (Lipinski definition) is 1. The van der Waals surface area contributed by atoms with Crippen LogP contribution < -0.4 is 10.1 Å². The highest BCUT2D eigenvalue weighted by molar-refractivity contribution is 5.31. The standard InChI is InChI=1S/C16H27N3O/c1-5-16(8-6-7-9-16)11-17-15-18-13(4)10-14(19-15)20-12(2)3/h10,12H,5-9,11H2,1-4H3,(H,17,18,19). The van der Waals surface area contributed by atoms with Gasteiger partial charge in [-0.2, -0.15) is 4.98 Å². The summed E-state index contributed by atoms with van der Waals surface area (Å²) >= 11 is 0. The van der Waals surface area contributed by atoms with Crippen molar-refractivity contribution in [3.8, 4) is 5.88 Å². The van der Waals surface area contributed by atoms with Crippen LogP contribution in [-0.2, 0) is 0 Å². The van der Waals surface area contributed by atoms with E-state index in [4.69, 9.17) is 4.74 Å². The fourth-order valence-electron chi connectivity index (χ4n) is 2.97. The van der Waals surface area contributed by atoms with Gasteiger partial charge in [0, 0.05) is 18.3 Å². The molecular weight excluding hydrogens is 250 g/mol. The normalized spacial score (nSPS) is 17.4. The van der Waals surface area contributed by atoms with E-state index in [-0.39, 0.29) is 6.10 Å². The van der Waals surface area contributed by atoms with E-state index in [1.807, 2.05) is 26.8 Å². The minimum absolute atomic E-state index is 0.133. The van der Waals surface area contributed by atoms with Crippen LogP contribution >= 0.6 is 0 Å². The molecule has 0 atom stereocenters. The summed E-state index contributed by atoms with van der Waals surface area (Å²) in [6, 6.07) is 1.89. The summed E-state index contributed by atoms with van der Waals surface area (Å²) in [5, 5.41) is 3.43. The SMILES string of the molecule is CCC1(CNc2nc(C)cc(OC(C)C)n2)CCCC1. The Morgan fingerprint density at radius 1 is 1.30 bits per heavy atom. The first-order valence-corrected chi connectivity index (χ1v) is 7.79. The van der Waals surface area contributed by atoms with Gasteiger partial charge in [-0.1, -0.05) is 19.8 Å². The number of nitrogens with zero attached hydrogens (tertiary/aromatic N) is 2. The number of aryl methyl sites for hydroxylation is 1.